The molecule has 0 radical (unpaired) electrons. The first kappa shape index (κ1) is 13.2. The van der Waals surface area contributed by atoms with Gasteiger partial charge in [0.05, 0.1) is 6.61 Å². The number of hydrogen-bond acceptors (Lipinski definition) is 6. The largest absolute Gasteiger partial charge is 0.477 e. The summed E-state index contributed by atoms with van der Waals surface area (Å²) >= 11 is 0. The molecule has 0 unspecified atom stereocenters. The van der Waals surface area contributed by atoms with E-state index in [2.05, 4.69) is 15.5 Å². The lowest BCUT2D eigenvalue weighted by molar-refractivity contribution is 0.102. The van der Waals surface area contributed by atoms with E-state index in [9.17, 15) is 4.79 Å². The van der Waals surface area contributed by atoms with E-state index in [1.807, 2.05) is 6.92 Å². The number of anilines is 1. The highest BCUT2D eigenvalue weighted by atomic mass is 16.7. The Kier molecular flexibility index (Phi) is 3.55. The van der Waals surface area contributed by atoms with Crippen LogP contribution in [0.5, 0.6) is 17.4 Å². The van der Waals surface area contributed by atoms with E-state index < -0.39 is 0 Å². The van der Waals surface area contributed by atoms with E-state index in [4.69, 9.17) is 14.2 Å². The molecule has 1 aliphatic heterocycles. The number of nitrogens with zero attached hydrogens (tertiary/aromatic N) is 2. The van der Waals surface area contributed by atoms with Gasteiger partial charge in [-0.05, 0) is 25.1 Å². The van der Waals surface area contributed by atoms with Crippen LogP contribution in [0.15, 0.2) is 30.3 Å². The first-order valence-electron chi connectivity index (χ1n) is 6.44. The Hall–Kier alpha value is -2.83. The number of benzene rings is 1. The van der Waals surface area contributed by atoms with Gasteiger partial charge in [0.2, 0.25) is 12.7 Å². The molecule has 0 aliphatic carbocycles. The van der Waals surface area contributed by atoms with Gasteiger partial charge in [0.25, 0.3) is 5.91 Å². The van der Waals surface area contributed by atoms with E-state index in [0.29, 0.717) is 29.7 Å². The Balaban J connectivity index is 1.71. The molecule has 7 heteroatoms. The van der Waals surface area contributed by atoms with Crippen molar-refractivity contribution >= 4 is 11.6 Å². The fourth-order valence-corrected chi connectivity index (χ4v) is 1.84. The number of carbonyl (C=O) groups is 1. The second-order valence-corrected chi connectivity index (χ2v) is 4.21. The fraction of sp³-hybridized carbons (Fsp3) is 0.214. The zero-order valence-corrected chi connectivity index (χ0v) is 11.3. The molecule has 7 nitrogen and oxygen atoms in total. The molecule has 0 atom stereocenters. The summed E-state index contributed by atoms with van der Waals surface area (Å²) in [5.41, 5.74) is 0.802. The predicted octanol–water partition coefficient (Wildman–Crippen LogP) is 1.86. The van der Waals surface area contributed by atoms with E-state index in [1.165, 1.54) is 0 Å². The van der Waals surface area contributed by atoms with Gasteiger partial charge in [-0.25, -0.2) is 0 Å². The molecule has 0 bridgehead atoms. The van der Waals surface area contributed by atoms with E-state index in [1.54, 1.807) is 30.3 Å². The molecule has 0 fully saturated rings. The van der Waals surface area contributed by atoms with Gasteiger partial charge in [-0.1, -0.05) is 0 Å². The van der Waals surface area contributed by atoms with Gasteiger partial charge < -0.3 is 19.5 Å². The summed E-state index contributed by atoms with van der Waals surface area (Å²) in [6.07, 6.45) is 0. The van der Waals surface area contributed by atoms with Crippen LogP contribution in [0, 0.1) is 0 Å². The number of fused-ring (bicyclic) bond motifs is 1. The molecule has 0 saturated heterocycles. The van der Waals surface area contributed by atoms with E-state index in [0.717, 1.165) is 0 Å². The average Bonchev–Trinajstić information content (AvgIpc) is 2.96. The topological polar surface area (TPSA) is 82.6 Å². The van der Waals surface area contributed by atoms with Crippen LogP contribution in [0.3, 0.4) is 0 Å². The summed E-state index contributed by atoms with van der Waals surface area (Å²) in [7, 11) is 0. The van der Waals surface area contributed by atoms with Crippen LogP contribution >= 0.6 is 0 Å². The van der Waals surface area contributed by atoms with Crippen molar-refractivity contribution in [3.8, 4) is 17.4 Å². The van der Waals surface area contributed by atoms with Gasteiger partial charge in [0.1, 0.15) is 0 Å². The zero-order chi connectivity index (χ0) is 14.7. The maximum absolute atomic E-state index is 12.1. The molecule has 21 heavy (non-hydrogen) atoms. The molecule has 0 saturated carbocycles. The van der Waals surface area contributed by atoms with Crippen LogP contribution in [-0.4, -0.2) is 29.5 Å². The highest BCUT2D eigenvalue weighted by Crippen LogP contribution is 2.34. The molecular formula is C14H13N3O4. The maximum atomic E-state index is 12.1. The Morgan fingerprint density at radius 3 is 2.86 bits per heavy atom. The van der Waals surface area contributed by atoms with Crippen LogP contribution < -0.4 is 19.5 Å². The maximum Gasteiger partial charge on any atom is 0.276 e. The SMILES string of the molecule is CCOc1ccc(C(=O)Nc2ccc3c(c2)OCO3)nn1. The van der Waals surface area contributed by atoms with Crippen molar-refractivity contribution in [2.24, 2.45) is 0 Å². The minimum atomic E-state index is -0.357. The number of nitrogens with one attached hydrogen (secondary N) is 1. The number of carbonyl (C=O) groups excluding carboxylic acids is 1. The lowest BCUT2D eigenvalue weighted by Crippen LogP contribution is -2.14. The molecule has 3 rings (SSSR count). The van der Waals surface area contributed by atoms with Gasteiger partial charge >= 0.3 is 0 Å². The van der Waals surface area contributed by atoms with Crippen LogP contribution in [0.4, 0.5) is 5.69 Å². The Labute approximate surface area is 120 Å². The third-order valence-corrected chi connectivity index (χ3v) is 2.80. The lowest BCUT2D eigenvalue weighted by Gasteiger charge is -2.06. The summed E-state index contributed by atoms with van der Waals surface area (Å²) in [4.78, 5) is 12.1. The van der Waals surface area contributed by atoms with Crippen LogP contribution in [0.2, 0.25) is 0 Å². The molecule has 2 aromatic rings. The van der Waals surface area contributed by atoms with E-state index in [-0.39, 0.29) is 18.4 Å². The van der Waals surface area contributed by atoms with Crippen molar-refractivity contribution in [1.29, 1.82) is 0 Å². The quantitative estimate of drug-likeness (QED) is 0.924. The smallest absolute Gasteiger partial charge is 0.276 e. The van der Waals surface area contributed by atoms with Crippen molar-refractivity contribution in [3.63, 3.8) is 0 Å². The van der Waals surface area contributed by atoms with Gasteiger partial charge in [-0.15, -0.1) is 10.2 Å². The van der Waals surface area contributed by atoms with Gasteiger partial charge in [-0.3, -0.25) is 4.79 Å². The average molecular weight is 287 g/mol. The number of hydrogen-bond donors (Lipinski definition) is 1. The summed E-state index contributed by atoms with van der Waals surface area (Å²) in [5, 5.41) is 10.4. The molecule has 1 aromatic heterocycles. The second-order valence-electron chi connectivity index (χ2n) is 4.21. The summed E-state index contributed by atoms with van der Waals surface area (Å²) in [6, 6.07) is 8.32. The van der Waals surface area contributed by atoms with Gasteiger partial charge in [0, 0.05) is 17.8 Å². The summed E-state index contributed by atoms with van der Waals surface area (Å²) < 4.78 is 15.6. The van der Waals surface area contributed by atoms with Crippen molar-refractivity contribution in [3.05, 3.63) is 36.0 Å². The first-order chi connectivity index (χ1) is 10.3. The number of rotatable bonds is 4. The molecule has 1 amide bonds. The molecule has 1 aliphatic rings. The second kappa shape index (κ2) is 5.66. The van der Waals surface area contributed by atoms with Crippen molar-refractivity contribution in [2.45, 2.75) is 6.92 Å². The zero-order valence-electron chi connectivity index (χ0n) is 11.3. The predicted molar refractivity (Wildman–Crippen MR) is 73.7 cm³/mol. The van der Waals surface area contributed by atoms with Crippen LogP contribution in [-0.2, 0) is 0 Å². The number of ether oxygens (including phenoxy) is 3. The summed E-state index contributed by atoms with van der Waals surface area (Å²) in [5.74, 6) is 1.29. The molecule has 1 N–H and O–H groups in total. The Bertz CT molecular complexity index is 658. The Morgan fingerprint density at radius 2 is 2.10 bits per heavy atom. The molecule has 0 spiro atoms. The minimum absolute atomic E-state index is 0.192. The standard InChI is InChI=1S/C14H13N3O4/c1-2-19-13-6-4-10(16-17-13)14(18)15-9-3-5-11-12(7-9)21-8-20-11/h3-7H,2,8H2,1H3,(H,15,18). The third kappa shape index (κ3) is 2.86. The number of aromatic nitrogens is 2. The molecule has 1 aromatic carbocycles. The first-order valence-corrected chi connectivity index (χ1v) is 6.44. The summed E-state index contributed by atoms with van der Waals surface area (Å²) in [6.45, 7) is 2.54. The Morgan fingerprint density at radius 1 is 1.24 bits per heavy atom. The highest BCUT2D eigenvalue weighted by molar-refractivity contribution is 6.02. The third-order valence-electron chi connectivity index (χ3n) is 2.80. The molecule has 108 valence electrons. The fourth-order valence-electron chi connectivity index (χ4n) is 1.84. The van der Waals surface area contributed by atoms with Crippen LogP contribution in [0.25, 0.3) is 0 Å². The molecule has 2 heterocycles. The lowest BCUT2D eigenvalue weighted by atomic mass is 10.2. The number of amides is 1. The van der Waals surface area contributed by atoms with Crippen LogP contribution in [0.1, 0.15) is 17.4 Å². The molecular weight excluding hydrogens is 274 g/mol. The highest BCUT2D eigenvalue weighted by Gasteiger charge is 2.15. The van der Waals surface area contributed by atoms with Gasteiger partial charge in [0.15, 0.2) is 17.2 Å². The minimum Gasteiger partial charge on any atom is -0.477 e. The van der Waals surface area contributed by atoms with Crippen molar-refractivity contribution < 1.29 is 19.0 Å². The van der Waals surface area contributed by atoms with E-state index >= 15 is 0 Å². The van der Waals surface area contributed by atoms with Crippen molar-refractivity contribution in [2.75, 3.05) is 18.7 Å². The van der Waals surface area contributed by atoms with Crippen molar-refractivity contribution in [1.82, 2.24) is 10.2 Å². The van der Waals surface area contributed by atoms with Gasteiger partial charge in [-0.2, -0.15) is 0 Å². The normalized spacial score (nSPS) is 12.0. The monoisotopic (exact) mass is 287 g/mol.